The van der Waals surface area contributed by atoms with Crippen LogP contribution < -0.4 is 26.6 Å². The van der Waals surface area contributed by atoms with E-state index in [0.29, 0.717) is 19.3 Å². The summed E-state index contributed by atoms with van der Waals surface area (Å²) in [6.45, 7) is -0.124. The van der Waals surface area contributed by atoms with E-state index in [1.165, 1.54) is 19.1 Å². The molecule has 45 heavy (non-hydrogen) atoms. The van der Waals surface area contributed by atoms with Crippen molar-refractivity contribution in [1.82, 2.24) is 31.5 Å². The van der Waals surface area contributed by atoms with E-state index in [1.54, 1.807) is 30.3 Å². The second kappa shape index (κ2) is 19.2. The summed E-state index contributed by atoms with van der Waals surface area (Å²) >= 11 is 0. The molecule has 1 aliphatic rings. The van der Waals surface area contributed by atoms with Crippen LogP contribution in [0, 0.1) is 0 Å². The number of ether oxygens (including phenoxy) is 1. The van der Waals surface area contributed by atoms with Crippen LogP contribution in [0.15, 0.2) is 42.5 Å². The van der Waals surface area contributed by atoms with Crippen molar-refractivity contribution in [2.45, 2.75) is 51.2 Å². The molecule has 1 aromatic carbocycles. The molecule has 0 unspecified atom stereocenters. The lowest BCUT2D eigenvalue weighted by Gasteiger charge is -2.19. The number of hydrogen-bond donors (Lipinski definition) is 6. The Morgan fingerprint density at radius 1 is 0.778 bits per heavy atom. The third kappa shape index (κ3) is 14.3. The maximum absolute atomic E-state index is 12.8. The Balaban J connectivity index is 1.70. The molecule has 244 valence electrons. The minimum absolute atomic E-state index is 0.0881. The zero-order valence-corrected chi connectivity index (χ0v) is 24.8. The fraction of sp³-hybridized carbons (Fsp3) is 0.448. The fourth-order valence-electron chi connectivity index (χ4n) is 3.87. The fourth-order valence-corrected chi connectivity index (χ4v) is 3.87. The average Bonchev–Trinajstić information content (AvgIpc) is 3.33. The van der Waals surface area contributed by atoms with Gasteiger partial charge in [0.05, 0.1) is 19.6 Å². The SMILES string of the molecule is C[C@@H](OCNC(=O)CNC(=O)[C@H](Cc1ccccc1)NC(=O)CNC(=O)CNC(=O)CCCCCN1C(=O)C=CC1=O)C(=O)O. The van der Waals surface area contributed by atoms with Gasteiger partial charge in [-0.1, -0.05) is 36.8 Å². The van der Waals surface area contributed by atoms with E-state index in [1.807, 2.05) is 0 Å². The molecule has 16 nitrogen and oxygen atoms in total. The summed E-state index contributed by atoms with van der Waals surface area (Å²) in [5.41, 5.74) is 0.722. The smallest absolute Gasteiger partial charge is 0.332 e. The number of rotatable bonds is 20. The number of benzene rings is 1. The molecule has 1 heterocycles. The Morgan fingerprint density at radius 3 is 2.04 bits per heavy atom. The van der Waals surface area contributed by atoms with Gasteiger partial charge in [0.2, 0.25) is 29.5 Å². The molecule has 0 radical (unpaired) electrons. The van der Waals surface area contributed by atoms with Crippen LogP contribution in [-0.2, 0) is 49.5 Å². The molecular formula is C29H38N6O10. The molecule has 0 aromatic heterocycles. The molecule has 0 aliphatic carbocycles. The van der Waals surface area contributed by atoms with Crippen LogP contribution in [0.1, 0.15) is 38.2 Å². The molecule has 16 heteroatoms. The summed E-state index contributed by atoms with van der Waals surface area (Å²) in [5, 5.41) is 20.8. The zero-order valence-electron chi connectivity index (χ0n) is 24.8. The van der Waals surface area contributed by atoms with Crippen molar-refractivity contribution >= 4 is 47.3 Å². The van der Waals surface area contributed by atoms with Crippen LogP contribution in [-0.4, -0.2) is 102 Å². The summed E-state index contributed by atoms with van der Waals surface area (Å²) < 4.78 is 4.90. The van der Waals surface area contributed by atoms with Crippen molar-refractivity contribution in [2.75, 3.05) is 32.9 Å². The van der Waals surface area contributed by atoms with Crippen LogP contribution in [0.25, 0.3) is 0 Å². The molecule has 0 spiro atoms. The third-order valence-corrected chi connectivity index (χ3v) is 6.39. The van der Waals surface area contributed by atoms with Gasteiger partial charge in [0.15, 0.2) is 6.10 Å². The number of nitrogens with one attached hydrogen (secondary N) is 5. The van der Waals surface area contributed by atoms with Crippen LogP contribution in [0.2, 0.25) is 0 Å². The van der Waals surface area contributed by atoms with Crippen LogP contribution in [0.5, 0.6) is 0 Å². The zero-order chi connectivity index (χ0) is 33.2. The van der Waals surface area contributed by atoms with Gasteiger partial charge in [0, 0.05) is 31.5 Å². The highest BCUT2D eigenvalue weighted by molar-refractivity contribution is 6.12. The molecule has 1 aliphatic heterocycles. The van der Waals surface area contributed by atoms with E-state index in [9.17, 15) is 38.4 Å². The first-order chi connectivity index (χ1) is 21.5. The third-order valence-electron chi connectivity index (χ3n) is 6.39. The Morgan fingerprint density at radius 2 is 1.38 bits per heavy atom. The van der Waals surface area contributed by atoms with Gasteiger partial charge in [-0.3, -0.25) is 38.5 Å². The van der Waals surface area contributed by atoms with Gasteiger partial charge < -0.3 is 36.4 Å². The Labute approximate surface area is 259 Å². The van der Waals surface area contributed by atoms with Crippen LogP contribution >= 0.6 is 0 Å². The summed E-state index contributed by atoms with van der Waals surface area (Å²) in [6, 6.07) is 7.69. The highest BCUT2D eigenvalue weighted by Gasteiger charge is 2.23. The van der Waals surface area contributed by atoms with Gasteiger partial charge >= 0.3 is 5.97 Å². The van der Waals surface area contributed by atoms with E-state index < -0.39 is 54.8 Å². The molecule has 0 saturated carbocycles. The predicted molar refractivity (Wildman–Crippen MR) is 157 cm³/mol. The van der Waals surface area contributed by atoms with E-state index >= 15 is 0 Å². The molecule has 2 rings (SSSR count). The van der Waals surface area contributed by atoms with Crippen LogP contribution in [0.3, 0.4) is 0 Å². The highest BCUT2D eigenvalue weighted by Crippen LogP contribution is 2.08. The number of amides is 7. The molecule has 2 atom stereocenters. The maximum atomic E-state index is 12.8. The number of carbonyl (C=O) groups excluding carboxylic acids is 7. The van der Waals surface area contributed by atoms with Gasteiger partial charge in [-0.05, 0) is 25.3 Å². The topological polar surface area (TPSA) is 229 Å². The lowest BCUT2D eigenvalue weighted by Crippen LogP contribution is -2.52. The predicted octanol–water partition coefficient (Wildman–Crippen LogP) is -1.89. The Hall–Kier alpha value is -5.12. The second-order valence-electron chi connectivity index (χ2n) is 9.94. The quantitative estimate of drug-likeness (QED) is 0.0533. The molecule has 0 fully saturated rings. The Bertz CT molecular complexity index is 1250. The summed E-state index contributed by atoms with van der Waals surface area (Å²) in [5.74, 6) is -4.92. The monoisotopic (exact) mass is 630 g/mol. The second-order valence-corrected chi connectivity index (χ2v) is 9.94. The number of carboxylic acids is 1. The maximum Gasteiger partial charge on any atom is 0.332 e. The lowest BCUT2D eigenvalue weighted by molar-refractivity contribution is -0.150. The van der Waals surface area contributed by atoms with Gasteiger partial charge in [0.1, 0.15) is 12.8 Å². The number of nitrogens with zero attached hydrogens (tertiary/aromatic N) is 1. The normalized spacial score (nSPS) is 13.5. The largest absolute Gasteiger partial charge is 0.479 e. The summed E-state index contributed by atoms with van der Waals surface area (Å²) in [6.07, 6.45) is 3.14. The van der Waals surface area contributed by atoms with Crippen molar-refractivity contribution in [3.05, 3.63) is 48.0 Å². The van der Waals surface area contributed by atoms with Gasteiger partial charge in [-0.15, -0.1) is 0 Å². The van der Waals surface area contributed by atoms with Gasteiger partial charge in [-0.25, -0.2) is 4.79 Å². The molecule has 1 aromatic rings. The van der Waals surface area contributed by atoms with Crippen molar-refractivity contribution in [3.8, 4) is 0 Å². The lowest BCUT2D eigenvalue weighted by atomic mass is 10.1. The minimum Gasteiger partial charge on any atom is -0.479 e. The van der Waals surface area contributed by atoms with E-state index in [2.05, 4.69) is 26.6 Å². The number of unbranched alkanes of at least 4 members (excludes halogenated alkanes) is 2. The van der Waals surface area contributed by atoms with Crippen molar-refractivity contribution < 1.29 is 48.2 Å². The number of imide groups is 1. The molecule has 6 N–H and O–H groups in total. The van der Waals surface area contributed by atoms with E-state index in [-0.39, 0.29) is 50.4 Å². The van der Waals surface area contributed by atoms with Crippen LogP contribution in [0.4, 0.5) is 0 Å². The first-order valence-electron chi connectivity index (χ1n) is 14.2. The molecule has 0 bridgehead atoms. The first kappa shape index (κ1) is 36.1. The molecular weight excluding hydrogens is 592 g/mol. The standard InChI is InChI=1S/C29H38N6O10/c1-19(29(43)44)45-18-33-24(38)16-32-28(42)21(14-20-8-4-2-5-9-20)34-25(39)17-31-23(37)15-30-22(36)10-6-3-7-13-35-26(40)11-12-27(35)41/h2,4-5,8-9,11-12,19,21H,3,6-7,10,13-18H2,1H3,(H,30,36)(H,31,37)(H,32,42)(H,33,38)(H,34,39)(H,43,44)/t19-,21+/m1/s1. The first-order valence-corrected chi connectivity index (χ1v) is 14.2. The molecule has 7 amide bonds. The highest BCUT2D eigenvalue weighted by atomic mass is 16.5. The van der Waals surface area contributed by atoms with Crippen molar-refractivity contribution in [2.24, 2.45) is 0 Å². The summed E-state index contributed by atoms with van der Waals surface area (Å²) in [4.78, 5) is 96.4. The van der Waals surface area contributed by atoms with Crippen molar-refractivity contribution in [3.63, 3.8) is 0 Å². The summed E-state index contributed by atoms with van der Waals surface area (Å²) in [7, 11) is 0. The Kier molecular flexibility index (Phi) is 15.4. The average molecular weight is 631 g/mol. The van der Waals surface area contributed by atoms with Gasteiger partial charge in [0.25, 0.3) is 11.8 Å². The molecule has 0 saturated heterocycles. The number of carboxylic acid groups (broad SMARTS) is 1. The number of aliphatic carboxylic acids is 1. The van der Waals surface area contributed by atoms with E-state index in [4.69, 9.17) is 9.84 Å². The number of carbonyl (C=O) groups is 8. The van der Waals surface area contributed by atoms with E-state index in [0.717, 1.165) is 10.5 Å². The minimum atomic E-state index is -1.20. The van der Waals surface area contributed by atoms with Crippen molar-refractivity contribution in [1.29, 1.82) is 0 Å². The van der Waals surface area contributed by atoms with Gasteiger partial charge in [-0.2, -0.15) is 0 Å². The number of hydrogen-bond acceptors (Lipinski definition) is 9.